The molecule has 0 aromatic heterocycles. The molecule has 3 heteroatoms. The first-order valence-corrected chi connectivity index (χ1v) is 6.40. The summed E-state index contributed by atoms with van der Waals surface area (Å²) < 4.78 is 0.876. The zero-order chi connectivity index (χ0) is 5.70. The quantitative estimate of drug-likeness (QED) is 0.428. The average Bonchev–Trinajstić information content (AvgIpc) is 1.61. The van der Waals surface area contributed by atoms with Gasteiger partial charge in [0.15, 0.2) is 0 Å². The van der Waals surface area contributed by atoms with Crippen molar-refractivity contribution in [3.8, 4) is 0 Å². The van der Waals surface area contributed by atoms with Gasteiger partial charge in [0.05, 0.1) is 0 Å². The molecule has 0 aromatic carbocycles. The van der Waals surface area contributed by atoms with E-state index in [0.29, 0.717) is 0 Å². The lowest BCUT2D eigenvalue weighted by Crippen LogP contribution is -1.93. The van der Waals surface area contributed by atoms with Crippen LogP contribution in [0.4, 0.5) is 0 Å². The molecule has 0 heterocycles. The van der Waals surface area contributed by atoms with E-state index in [1.807, 2.05) is 0 Å². The summed E-state index contributed by atoms with van der Waals surface area (Å²) in [6.07, 6.45) is 2.86. The minimum absolute atomic E-state index is 0.876. The fourth-order valence-electron chi connectivity index (χ4n) is 0.485. The fraction of sp³-hybridized carbons (Fsp3) is 1.00. The molecule has 0 saturated carbocycles. The monoisotopic (exact) mass is 196 g/mol. The van der Waals surface area contributed by atoms with Crippen molar-refractivity contribution < 1.29 is 0 Å². The molecule has 0 bridgehead atoms. The van der Waals surface area contributed by atoms with Crippen LogP contribution < -0.4 is 0 Å². The fourth-order valence-corrected chi connectivity index (χ4v) is 1.63. The van der Waals surface area contributed by atoms with E-state index in [0.717, 1.165) is 4.45 Å². The Morgan fingerprint density at radius 3 is 2.29 bits per heavy atom. The average molecular weight is 197 g/mol. The molecule has 44 valence electrons. The SMILES string of the molecule is [SiH3]CCCC([SiH3])Br. The van der Waals surface area contributed by atoms with Crippen molar-refractivity contribution in [3.05, 3.63) is 0 Å². The Morgan fingerprint density at radius 2 is 2.14 bits per heavy atom. The maximum atomic E-state index is 3.55. The van der Waals surface area contributed by atoms with Gasteiger partial charge in [0.25, 0.3) is 0 Å². The Labute approximate surface area is 60.0 Å². The van der Waals surface area contributed by atoms with Crippen LogP contribution in [0.5, 0.6) is 0 Å². The predicted octanol–water partition coefficient (Wildman–Crippen LogP) is -0.363. The standard InChI is InChI=1S/C4H13BrSi2/c5-4(7)2-1-3-6/h4H,1-3H2,6-7H3. The van der Waals surface area contributed by atoms with Gasteiger partial charge in [-0.15, -0.1) is 0 Å². The highest BCUT2D eigenvalue weighted by molar-refractivity contribution is 9.10. The molecule has 0 aliphatic heterocycles. The van der Waals surface area contributed by atoms with E-state index in [2.05, 4.69) is 15.9 Å². The van der Waals surface area contributed by atoms with Crippen LogP contribution in [0.25, 0.3) is 0 Å². The molecular weight excluding hydrogens is 184 g/mol. The van der Waals surface area contributed by atoms with Crippen LogP contribution in [-0.4, -0.2) is 24.9 Å². The van der Waals surface area contributed by atoms with Gasteiger partial charge in [-0.3, -0.25) is 0 Å². The zero-order valence-corrected chi connectivity index (χ0v) is 10.7. The molecule has 0 amide bonds. The summed E-state index contributed by atoms with van der Waals surface area (Å²) >= 11 is 3.55. The lowest BCUT2D eigenvalue weighted by atomic mass is 10.4. The van der Waals surface area contributed by atoms with E-state index in [1.54, 1.807) is 0 Å². The highest BCUT2D eigenvalue weighted by Gasteiger charge is 1.90. The maximum Gasteiger partial charge on any atom is 0.0201 e. The van der Waals surface area contributed by atoms with Crippen LogP contribution >= 0.6 is 15.9 Å². The lowest BCUT2D eigenvalue weighted by molar-refractivity contribution is 0.869. The first-order valence-electron chi connectivity index (χ1n) is 2.91. The third-order valence-corrected chi connectivity index (χ3v) is 2.70. The third kappa shape index (κ3) is 6.91. The summed E-state index contributed by atoms with van der Waals surface area (Å²) in [6, 6.07) is 1.48. The van der Waals surface area contributed by atoms with Crippen LogP contribution in [0.15, 0.2) is 0 Å². The highest BCUT2D eigenvalue weighted by atomic mass is 79.9. The molecule has 0 N–H and O–H groups in total. The molecule has 0 aliphatic carbocycles. The van der Waals surface area contributed by atoms with Gasteiger partial charge in [-0.05, 0) is 10.9 Å². The van der Waals surface area contributed by atoms with E-state index in [1.165, 1.54) is 39.4 Å². The Bertz CT molecular complexity index is 38.7. The molecule has 0 nitrogen and oxygen atoms in total. The zero-order valence-electron chi connectivity index (χ0n) is 5.08. The highest BCUT2D eigenvalue weighted by Crippen LogP contribution is 2.03. The smallest absolute Gasteiger partial charge is 0.0201 e. The molecule has 7 heavy (non-hydrogen) atoms. The number of hydrogen-bond donors (Lipinski definition) is 0. The second kappa shape index (κ2) is 5.06. The van der Waals surface area contributed by atoms with Gasteiger partial charge in [0.2, 0.25) is 0 Å². The molecule has 0 radical (unpaired) electrons. The second-order valence-corrected chi connectivity index (χ2v) is 7.57. The van der Waals surface area contributed by atoms with Gasteiger partial charge >= 0.3 is 0 Å². The maximum absolute atomic E-state index is 3.55. The molecule has 0 rings (SSSR count). The summed E-state index contributed by atoms with van der Waals surface area (Å²) in [5, 5.41) is 0. The van der Waals surface area contributed by atoms with Crippen LogP contribution in [0.3, 0.4) is 0 Å². The van der Waals surface area contributed by atoms with Crippen LogP contribution in [0.2, 0.25) is 6.04 Å². The van der Waals surface area contributed by atoms with Gasteiger partial charge < -0.3 is 0 Å². The van der Waals surface area contributed by atoms with Gasteiger partial charge in [-0.1, -0.05) is 28.4 Å². The topological polar surface area (TPSA) is 0 Å². The van der Waals surface area contributed by atoms with E-state index in [4.69, 9.17) is 0 Å². The number of halogens is 1. The van der Waals surface area contributed by atoms with E-state index >= 15 is 0 Å². The third-order valence-electron chi connectivity index (χ3n) is 0.955. The van der Waals surface area contributed by atoms with Crippen molar-refractivity contribution in [1.29, 1.82) is 0 Å². The molecular formula is C4H13BrSi2. The van der Waals surface area contributed by atoms with E-state index < -0.39 is 0 Å². The van der Waals surface area contributed by atoms with Gasteiger partial charge in [0, 0.05) is 20.5 Å². The Hall–Kier alpha value is 0.914. The van der Waals surface area contributed by atoms with Crippen LogP contribution in [-0.2, 0) is 0 Å². The molecule has 0 aromatic rings. The summed E-state index contributed by atoms with van der Waals surface area (Å²) in [7, 11) is 2.70. The van der Waals surface area contributed by atoms with Crippen molar-refractivity contribution in [2.75, 3.05) is 0 Å². The predicted molar refractivity (Wildman–Crippen MR) is 46.6 cm³/mol. The van der Waals surface area contributed by atoms with Gasteiger partial charge in [-0.2, -0.15) is 0 Å². The molecule has 1 unspecified atom stereocenters. The molecule has 0 fully saturated rings. The Kier molecular flexibility index (Phi) is 5.72. The Balaban J connectivity index is 2.68. The van der Waals surface area contributed by atoms with Crippen LogP contribution in [0, 0.1) is 0 Å². The summed E-state index contributed by atoms with van der Waals surface area (Å²) in [5.41, 5.74) is 0. The number of alkyl halides is 1. The van der Waals surface area contributed by atoms with Gasteiger partial charge in [0.1, 0.15) is 0 Å². The van der Waals surface area contributed by atoms with Crippen molar-refractivity contribution in [3.63, 3.8) is 0 Å². The second-order valence-electron chi connectivity index (χ2n) is 1.92. The van der Waals surface area contributed by atoms with E-state index in [-0.39, 0.29) is 0 Å². The molecule has 1 atom stereocenters. The molecule has 0 spiro atoms. The minimum atomic E-state index is 0.876. The molecule has 0 saturated heterocycles. The first-order chi connectivity index (χ1) is 3.27. The first kappa shape index (κ1) is 7.91. The Morgan fingerprint density at radius 1 is 1.57 bits per heavy atom. The van der Waals surface area contributed by atoms with Crippen molar-refractivity contribution in [2.24, 2.45) is 0 Å². The number of rotatable bonds is 3. The number of hydrogen-bond acceptors (Lipinski definition) is 0. The van der Waals surface area contributed by atoms with Gasteiger partial charge in [-0.25, -0.2) is 0 Å². The summed E-state index contributed by atoms with van der Waals surface area (Å²) in [5.74, 6) is 0. The van der Waals surface area contributed by atoms with Crippen molar-refractivity contribution in [2.45, 2.75) is 23.3 Å². The normalized spacial score (nSPS) is 15.0. The summed E-state index contributed by atoms with van der Waals surface area (Å²) in [4.78, 5) is 0. The minimum Gasteiger partial charge on any atom is -0.0936 e. The lowest BCUT2D eigenvalue weighted by Gasteiger charge is -1.96. The van der Waals surface area contributed by atoms with Crippen LogP contribution in [0.1, 0.15) is 12.8 Å². The largest absolute Gasteiger partial charge is 0.0936 e. The summed E-state index contributed by atoms with van der Waals surface area (Å²) in [6.45, 7) is 0. The van der Waals surface area contributed by atoms with E-state index in [9.17, 15) is 0 Å². The van der Waals surface area contributed by atoms with Crippen molar-refractivity contribution >= 4 is 36.4 Å². The molecule has 0 aliphatic rings. The van der Waals surface area contributed by atoms with Crippen molar-refractivity contribution in [1.82, 2.24) is 0 Å².